The quantitative estimate of drug-likeness (QED) is 0.741. The summed E-state index contributed by atoms with van der Waals surface area (Å²) in [7, 11) is 0. The molecule has 2 heterocycles. The zero-order valence-corrected chi connectivity index (χ0v) is 17.1. The van der Waals surface area contributed by atoms with Crippen LogP contribution in [0.3, 0.4) is 0 Å². The van der Waals surface area contributed by atoms with Gasteiger partial charge in [0.05, 0.1) is 19.1 Å². The van der Waals surface area contributed by atoms with E-state index in [1.165, 1.54) is 4.90 Å². The number of piperazine rings is 1. The Bertz CT molecular complexity index is 560. The van der Waals surface area contributed by atoms with E-state index >= 15 is 0 Å². The van der Waals surface area contributed by atoms with Crippen LogP contribution in [0.15, 0.2) is 0 Å². The highest BCUT2D eigenvalue weighted by Gasteiger charge is 2.42. The first-order chi connectivity index (χ1) is 12.6. The number of hydrogen-bond acceptors (Lipinski definition) is 6. The smallest absolute Gasteiger partial charge is 0.410 e. The van der Waals surface area contributed by atoms with Crippen LogP contribution >= 0.6 is 0 Å². The molecule has 2 amide bonds. The van der Waals surface area contributed by atoms with Crippen LogP contribution in [0.4, 0.5) is 4.79 Å². The Labute approximate surface area is 161 Å². The Morgan fingerprint density at radius 3 is 2.48 bits per heavy atom. The Morgan fingerprint density at radius 1 is 1.19 bits per heavy atom. The molecule has 3 unspecified atom stereocenters. The van der Waals surface area contributed by atoms with Crippen LogP contribution in [0.5, 0.6) is 0 Å². The lowest BCUT2D eigenvalue weighted by Crippen LogP contribution is -2.62. The second-order valence-electron chi connectivity index (χ2n) is 8.22. The average Bonchev–Trinajstić information content (AvgIpc) is 2.60. The van der Waals surface area contributed by atoms with Crippen LogP contribution in [0.25, 0.3) is 0 Å². The molecular weight excluding hydrogens is 350 g/mol. The number of carbonyl (C=O) groups is 3. The Kier molecular flexibility index (Phi) is 7.08. The number of esters is 1. The molecule has 3 atom stereocenters. The van der Waals surface area contributed by atoms with E-state index in [2.05, 4.69) is 5.32 Å². The van der Waals surface area contributed by atoms with E-state index in [1.54, 1.807) is 32.6 Å². The van der Waals surface area contributed by atoms with Gasteiger partial charge in [0.15, 0.2) is 0 Å². The molecule has 0 aliphatic carbocycles. The molecule has 2 fully saturated rings. The number of carbonyl (C=O) groups excluding carboxylic acids is 3. The molecule has 154 valence electrons. The SMILES string of the molecule is CCOC(=O)C1CN(C(=O)OC(C)(C)C)CCN1C(=O)C1CCCNC1C. The van der Waals surface area contributed by atoms with E-state index in [4.69, 9.17) is 9.47 Å². The fourth-order valence-electron chi connectivity index (χ4n) is 3.57. The summed E-state index contributed by atoms with van der Waals surface area (Å²) in [6, 6.07) is -0.731. The van der Waals surface area contributed by atoms with E-state index in [9.17, 15) is 14.4 Å². The minimum absolute atomic E-state index is 0.0448. The van der Waals surface area contributed by atoms with Crippen molar-refractivity contribution in [3.63, 3.8) is 0 Å². The second-order valence-corrected chi connectivity index (χ2v) is 8.22. The largest absolute Gasteiger partial charge is 0.464 e. The van der Waals surface area contributed by atoms with Crippen LogP contribution in [-0.4, -0.2) is 78.2 Å². The van der Waals surface area contributed by atoms with Crippen molar-refractivity contribution in [2.75, 3.05) is 32.8 Å². The predicted molar refractivity (Wildman–Crippen MR) is 100 cm³/mol. The molecule has 2 saturated heterocycles. The van der Waals surface area contributed by atoms with Gasteiger partial charge in [-0.2, -0.15) is 0 Å². The molecule has 2 aliphatic rings. The maximum atomic E-state index is 13.1. The van der Waals surface area contributed by atoms with Crippen LogP contribution in [0, 0.1) is 5.92 Å². The van der Waals surface area contributed by atoms with Crippen molar-refractivity contribution in [1.29, 1.82) is 0 Å². The molecule has 0 saturated carbocycles. The summed E-state index contributed by atoms with van der Waals surface area (Å²) in [5.41, 5.74) is -0.618. The molecule has 0 aromatic heterocycles. The minimum atomic E-state index is -0.798. The summed E-state index contributed by atoms with van der Waals surface area (Å²) < 4.78 is 10.6. The molecule has 2 rings (SSSR count). The van der Waals surface area contributed by atoms with Gasteiger partial charge in [-0.15, -0.1) is 0 Å². The minimum Gasteiger partial charge on any atom is -0.464 e. The van der Waals surface area contributed by atoms with Crippen molar-refractivity contribution >= 4 is 18.0 Å². The number of hydrogen-bond donors (Lipinski definition) is 1. The van der Waals surface area contributed by atoms with E-state index in [-0.39, 0.29) is 31.0 Å². The number of ether oxygens (including phenoxy) is 2. The number of piperidine rings is 1. The fraction of sp³-hybridized carbons (Fsp3) is 0.842. The first-order valence-corrected chi connectivity index (χ1v) is 9.82. The highest BCUT2D eigenvalue weighted by atomic mass is 16.6. The first-order valence-electron chi connectivity index (χ1n) is 9.82. The van der Waals surface area contributed by atoms with Gasteiger partial charge in [0.1, 0.15) is 11.6 Å². The second kappa shape index (κ2) is 8.91. The van der Waals surface area contributed by atoms with Gasteiger partial charge >= 0.3 is 12.1 Å². The lowest BCUT2D eigenvalue weighted by atomic mass is 9.90. The van der Waals surface area contributed by atoms with Crippen molar-refractivity contribution in [3.8, 4) is 0 Å². The maximum Gasteiger partial charge on any atom is 0.410 e. The zero-order valence-electron chi connectivity index (χ0n) is 17.1. The molecule has 0 aromatic carbocycles. The summed E-state index contributed by atoms with van der Waals surface area (Å²) in [4.78, 5) is 41.1. The van der Waals surface area contributed by atoms with Crippen LogP contribution in [0.2, 0.25) is 0 Å². The van der Waals surface area contributed by atoms with Gasteiger partial charge in [-0.05, 0) is 54.0 Å². The van der Waals surface area contributed by atoms with Crippen molar-refractivity contribution in [1.82, 2.24) is 15.1 Å². The first kappa shape index (κ1) is 21.5. The number of nitrogens with zero attached hydrogens (tertiary/aromatic N) is 2. The number of amides is 2. The topological polar surface area (TPSA) is 88.2 Å². The van der Waals surface area contributed by atoms with E-state index in [0.717, 1.165) is 19.4 Å². The molecule has 0 bridgehead atoms. The zero-order chi connectivity index (χ0) is 20.2. The molecule has 8 nitrogen and oxygen atoms in total. The summed E-state index contributed by atoms with van der Waals surface area (Å²) in [5.74, 6) is -0.684. The molecule has 0 aromatic rings. The van der Waals surface area contributed by atoms with Crippen molar-refractivity contribution in [2.24, 2.45) is 5.92 Å². The van der Waals surface area contributed by atoms with Crippen molar-refractivity contribution < 1.29 is 23.9 Å². The predicted octanol–water partition coefficient (Wildman–Crippen LogP) is 1.39. The van der Waals surface area contributed by atoms with Gasteiger partial charge in [0, 0.05) is 19.1 Å². The molecule has 8 heteroatoms. The Hall–Kier alpha value is -1.83. The third-order valence-electron chi connectivity index (χ3n) is 4.95. The summed E-state index contributed by atoms with van der Waals surface area (Å²) in [5, 5.41) is 3.33. The van der Waals surface area contributed by atoms with E-state index in [1.807, 2.05) is 6.92 Å². The third-order valence-corrected chi connectivity index (χ3v) is 4.95. The van der Waals surface area contributed by atoms with Gasteiger partial charge in [-0.3, -0.25) is 4.79 Å². The third kappa shape index (κ3) is 5.57. The lowest BCUT2D eigenvalue weighted by molar-refractivity contribution is -0.160. The summed E-state index contributed by atoms with van der Waals surface area (Å²) in [6.07, 6.45) is 1.26. The van der Waals surface area contributed by atoms with E-state index < -0.39 is 23.7 Å². The van der Waals surface area contributed by atoms with Gasteiger partial charge in [0.2, 0.25) is 5.91 Å². The highest BCUT2D eigenvalue weighted by molar-refractivity contribution is 5.87. The highest BCUT2D eigenvalue weighted by Crippen LogP contribution is 2.23. The molecule has 2 aliphatic heterocycles. The maximum absolute atomic E-state index is 13.1. The Balaban J connectivity index is 2.14. The lowest BCUT2D eigenvalue weighted by Gasteiger charge is -2.42. The standard InChI is InChI=1S/C19H33N3O5/c1-6-26-17(24)15-12-21(18(25)27-19(3,4)5)10-11-22(15)16(23)14-8-7-9-20-13(14)2/h13-15,20H,6-12H2,1-5H3. The normalized spacial score (nSPS) is 26.5. The summed E-state index contributed by atoms with van der Waals surface area (Å²) >= 11 is 0. The van der Waals surface area contributed by atoms with E-state index in [0.29, 0.717) is 13.1 Å². The molecule has 27 heavy (non-hydrogen) atoms. The van der Waals surface area contributed by atoms with Crippen LogP contribution in [0.1, 0.15) is 47.5 Å². The van der Waals surface area contributed by atoms with Gasteiger partial charge in [-0.25, -0.2) is 9.59 Å². The number of nitrogens with one attached hydrogen (secondary N) is 1. The average molecular weight is 383 g/mol. The Morgan fingerprint density at radius 2 is 1.89 bits per heavy atom. The molecular formula is C19H33N3O5. The molecule has 0 radical (unpaired) electrons. The summed E-state index contributed by atoms with van der Waals surface area (Å²) in [6.45, 7) is 11.0. The molecule has 1 N–H and O–H groups in total. The van der Waals surface area contributed by atoms with Crippen molar-refractivity contribution in [2.45, 2.75) is 65.1 Å². The monoisotopic (exact) mass is 383 g/mol. The fourth-order valence-corrected chi connectivity index (χ4v) is 3.57. The van der Waals surface area contributed by atoms with Gasteiger partial charge in [0.25, 0.3) is 0 Å². The van der Waals surface area contributed by atoms with Crippen LogP contribution in [-0.2, 0) is 19.1 Å². The van der Waals surface area contributed by atoms with Crippen molar-refractivity contribution in [3.05, 3.63) is 0 Å². The number of rotatable bonds is 3. The van der Waals surface area contributed by atoms with Crippen LogP contribution < -0.4 is 5.32 Å². The molecule has 0 spiro atoms. The van der Waals surface area contributed by atoms with Gasteiger partial charge in [-0.1, -0.05) is 0 Å². The van der Waals surface area contributed by atoms with Gasteiger partial charge < -0.3 is 24.6 Å².